The Balaban J connectivity index is 1.59. The van der Waals surface area contributed by atoms with Crippen LogP contribution < -0.4 is 4.90 Å². The van der Waals surface area contributed by atoms with Gasteiger partial charge in [-0.05, 0) is 74.7 Å². The highest BCUT2D eigenvalue weighted by atomic mass is 35.5. The number of nitrogens with zero attached hydrogens (tertiary/aromatic N) is 4. The van der Waals surface area contributed by atoms with Gasteiger partial charge in [0, 0.05) is 23.5 Å². The van der Waals surface area contributed by atoms with E-state index < -0.39 is 0 Å². The zero-order chi connectivity index (χ0) is 23.1. The standard InChI is InChI=1S/C25H24ClFN4O2/c1-3-33-24(32)16-8-10-30(11-9-16)25-29-21-12-15(2)19(26)14-22(21)31(25)23-7-4-17-13-18(27)5-6-20(17)28-23/h4-7,12-14,16H,3,8-11H2,1-2H3. The van der Waals surface area contributed by atoms with Gasteiger partial charge in [-0.3, -0.25) is 9.36 Å². The molecule has 2 aromatic carbocycles. The average Bonchev–Trinajstić information content (AvgIpc) is 3.17. The van der Waals surface area contributed by atoms with Crippen molar-refractivity contribution < 1.29 is 13.9 Å². The Morgan fingerprint density at radius 3 is 2.67 bits per heavy atom. The van der Waals surface area contributed by atoms with Crippen molar-refractivity contribution in [2.45, 2.75) is 26.7 Å². The van der Waals surface area contributed by atoms with E-state index in [1.165, 1.54) is 12.1 Å². The first-order chi connectivity index (χ1) is 15.9. The molecule has 1 fully saturated rings. The van der Waals surface area contributed by atoms with Crippen molar-refractivity contribution in [3.63, 3.8) is 0 Å². The van der Waals surface area contributed by atoms with Crippen LogP contribution in [0.5, 0.6) is 0 Å². The van der Waals surface area contributed by atoms with Gasteiger partial charge in [0.25, 0.3) is 0 Å². The summed E-state index contributed by atoms with van der Waals surface area (Å²) in [6, 6.07) is 12.2. The fraction of sp³-hybridized carbons (Fsp3) is 0.320. The number of aryl methyl sites for hydroxylation is 1. The molecule has 8 heteroatoms. The van der Waals surface area contributed by atoms with Crippen LogP contribution in [0.25, 0.3) is 27.8 Å². The Kier molecular flexibility index (Phi) is 5.66. The third kappa shape index (κ3) is 4.02. The molecule has 33 heavy (non-hydrogen) atoms. The van der Waals surface area contributed by atoms with E-state index in [0.29, 0.717) is 48.9 Å². The fourth-order valence-electron chi connectivity index (χ4n) is 4.41. The number of hydrogen-bond donors (Lipinski definition) is 0. The van der Waals surface area contributed by atoms with Crippen LogP contribution in [0.1, 0.15) is 25.3 Å². The van der Waals surface area contributed by atoms with Gasteiger partial charge in [0.15, 0.2) is 0 Å². The topological polar surface area (TPSA) is 60.2 Å². The lowest BCUT2D eigenvalue weighted by molar-refractivity contribution is -0.148. The first kappa shape index (κ1) is 21.6. The molecule has 1 aliphatic rings. The van der Waals surface area contributed by atoms with E-state index in [9.17, 15) is 9.18 Å². The summed E-state index contributed by atoms with van der Waals surface area (Å²) in [6.07, 6.45) is 1.40. The maximum atomic E-state index is 13.6. The van der Waals surface area contributed by atoms with Gasteiger partial charge in [0.05, 0.1) is 29.1 Å². The molecule has 5 rings (SSSR count). The van der Waals surface area contributed by atoms with Crippen LogP contribution in [0.3, 0.4) is 0 Å². The van der Waals surface area contributed by atoms with Crippen molar-refractivity contribution in [2.75, 3.05) is 24.6 Å². The molecule has 1 saturated heterocycles. The van der Waals surface area contributed by atoms with Crippen molar-refractivity contribution >= 4 is 45.5 Å². The lowest BCUT2D eigenvalue weighted by Gasteiger charge is -2.31. The highest BCUT2D eigenvalue weighted by Crippen LogP contribution is 2.33. The van der Waals surface area contributed by atoms with Crippen molar-refractivity contribution in [3.8, 4) is 5.82 Å². The zero-order valence-electron chi connectivity index (χ0n) is 18.5. The number of esters is 1. The minimum Gasteiger partial charge on any atom is -0.466 e. The molecule has 3 heterocycles. The Bertz CT molecular complexity index is 1360. The number of aromatic nitrogens is 3. The number of benzene rings is 2. The molecule has 0 aliphatic carbocycles. The first-order valence-electron chi connectivity index (χ1n) is 11.1. The minimum atomic E-state index is -0.294. The maximum Gasteiger partial charge on any atom is 0.309 e. The van der Waals surface area contributed by atoms with Gasteiger partial charge in [-0.25, -0.2) is 14.4 Å². The molecule has 0 bridgehead atoms. The van der Waals surface area contributed by atoms with Gasteiger partial charge in [0.1, 0.15) is 11.6 Å². The predicted octanol–water partition coefficient (Wildman–Crippen LogP) is 5.45. The predicted molar refractivity (Wildman–Crippen MR) is 128 cm³/mol. The van der Waals surface area contributed by atoms with E-state index in [2.05, 4.69) is 4.90 Å². The van der Waals surface area contributed by atoms with Crippen LogP contribution >= 0.6 is 11.6 Å². The normalized spacial score (nSPS) is 14.8. The number of fused-ring (bicyclic) bond motifs is 2. The summed E-state index contributed by atoms with van der Waals surface area (Å²) in [5.41, 5.74) is 3.31. The quantitative estimate of drug-likeness (QED) is 0.374. The fourth-order valence-corrected chi connectivity index (χ4v) is 4.57. The molecule has 0 radical (unpaired) electrons. The first-order valence-corrected chi connectivity index (χ1v) is 11.5. The van der Waals surface area contributed by atoms with Crippen molar-refractivity contribution in [1.29, 1.82) is 0 Å². The molecule has 4 aromatic rings. The van der Waals surface area contributed by atoms with Gasteiger partial charge in [-0.1, -0.05) is 11.6 Å². The van der Waals surface area contributed by atoms with Crippen molar-refractivity contribution in [1.82, 2.24) is 14.5 Å². The van der Waals surface area contributed by atoms with E-state index >= 15 is 0 Å². The van der Waals surface area contributed by atoms with E-state index in [4.69, 9.17) is 26.3 Å². The SMILES string of the molecule is CCOC(=O)C1CCN(c2nc3cc(C)c(Cl)cc3n2-c2ccc3cc(F)ccc3n2)CC1. The van der Waals surface area contributed by atoms with E-state index in [0.717, 1.165) is 27.9 Å². The molecule has 0 spiro atoms. The second-order valence-electron chi connectivity index (χ2n) is 8.36. The van der Waals surface area contributed by atoms with Gasteiger partial charge in [-0.2, -0.15) is 0 Å². The molecule has 0 amide bonds. The minimum absolute atomic E-state index is 0.0931. The molecule has 0 N–H and O–H groups in total. The monoisotopic (exact) mass is 466 g/mol. The summed E-state index contributed by atoms with van der Waals surface area (Å²) in [7, 11) is 0. The van der Waals surface area contributed by atoms with Gasteiger partial charge < -0.3 is 9.64 Å². The van der Waals surface area contributed by atoms with Gasteiger partial charge >= 0.3 is 5.97 Å². The lowest BCUT2D eigenvalue weighted by Crippen LogP contribution is -2.38. The van der Waals surface area contributed by atoms with Crippen LogP contribution in [0.15, 0.2) is 42.5 Å². The molecule has 6 nitrogen and oxygen atoms in total. The number of ether oxygens (including phenoxy) is 1. The number of hydrogen-bond acceptors (Lipinski definition) is 5. The van der Waals surface area contributed by atoms with E-state index in [1.54, 1.807) is 6.07 Å². The van der Waals surface area contributed by atoms with Gasteiger partial charge in [0.2, 0.25) is 5.95 Å². The van der Waals surface area contributed by atoms with Crippen molar-refractivity contribution in [3.05, 3.63) is 58.9 Å². The molecule has 0 saturated carbocycles. The summed E-state index contributed by atoms with van der Waals surface area (Å²) in [4.78, 5) is 24.1. The summed E-state index contributed by atoms with van der Waals surface area (Å²) >= 11 is 6.47. The summed E-state index contributed by atoms with van der Waals surface area (Å²) < 4.78 is 20.9. The highest BCUT2D eigenvalue weighted by molar-refractivity contribution is 6.32. The zero-order valence-corrected chi connectivity index (χ0v) is 19.3. The number of anilines is 1. The van der Waals surface area contributed by atoms with Crippen LogP contribution in [-0.2, 0) is 9.53 Å². The molecule has 2 aromatic heterocycles. The molecule has 1 aliphatic heterocycles. The Labute approximate surface area is 195 Å². The second kappa shape index (κ2) is 8.63. The number of carbonyl (C=O) groups excluding carboxylic acids is 1. The van der Waals surface area contributed by atoms with Crippen LogP contribution in [0.2, 0.25) is 5.02 Å². The van der Waals surface area contributed by atoms with Gasteiger partial charge in [-0.15, -0.1) is 0 Å². The largest absolute Gasteiger partial charge is 0.466 e. The highest BCUT2D eigenvalue weighted by Gasteiger charge is 2.29. The summed E-state index contributed by atoms with van der Waals surface area (Å²) in [5.74, 6) is 0.917. The van der Waals surface area contributed by atoms with Crippen LogP contribution in [0, 0.1) is 18.7 Å². The third-order valence-electron chi connectivity index (χ3n) is 6.18. The smallest absolute Gasteiger partial charge is 0.309 e. The second-order valence-corrected chi connectivity index (χ2v) is 8.76. The molecule has 0 atom stereocenters. The van der Waals surface area contributed by atoms with E-state index in [1.807, 2.05) is 42.7 Å². The summed E-state index contributed by atoms with van der Waals surface area (Å²) in [6.45, 7) is 5.53. The van der Waals surface area contributed by atoms with Crippen LogP contribution in [-0.4, -0.2) is 40.2 Å². The molecular formula is C25H24ClFN4O2. The molecule has 170 valence electrons. The summed E-state index contributed by atoms with van der Waals surface area (Å²) in [5, 5.41) is 1.38. The number of pyridine rings is 1. The number of halogens is 2. The van der Waals surface area contributed by atoms with Crippen LogP contribution in [0.4, 0.5) is 10.3 Å². The number of rotatable bonds is 4. The molecule has 0 unspecified atom stereocenters. The van der Waals surface area contributed by atoms with E-state index in [-0.39, 0.29) is 17.7 Å². The Morgan fingerprint density at radius 1 is 1.12 bits per heavy atom. The number of imidazole rings is 1. The Morgan fingerprint density at radius 2 is 1.91 bits per heavy atom. The lowest BCUT2D eigenvalue weighted by atomic mass is 9.97. The number of carbonyl (C=O) groups is 1. The molecular weight excluding hydrogens is 443 g/mol. The average molecular weight is 467 g/mol. The third-order valence-corrected chi connectivity index (χ3v) is 6.59. The maximum absolute atomic E-state index is 13.6. The number of piperidine rings is 1. The van der Waals surface area contributed by atoms with Crippen molar-refractivity contribution in [2.24, 2.45) is 5.92 Å². The Hall–Kier alpha value is -3.19.